The minimum Gasteiger partial charge on any atom is -0.208 e. The van der Waals surface area contributed by atoms with E-state index in [0.29, 0.717) is 17.5 Å². The molecular weight excluding hydrogens is 470 g/mol. The molecule has 0 N–H and O–H groups in total. The summed E-state index contributed by atoms with van der Waals surface area (Å²) in [5.41, 5.74) is 5.41. The number of nitrogens with zero attached hydrogens (tertiary/aromatic N) is 3. The Labute approximate surface area is 218 Å². The third-order valence-corrected chi connectivity index (χ3v) is 7.66. The van der Waals surface area contributed by atoms with Crippen LogP contribution in [0.1, 0.15) is 0 Å². The first-order valence-electron chi connectivity index (χ1n) is 12.2. The molecule has 0 aliphatic rings. The Balaban J connectivity index is 1.45. The van der Waals surface area contributed by atoms with E-state index in [1.165, 1.54) is 31.3 Å². The van der Waals surface area contributed by atoms with Crippen molar-refractivity contribution in [2.24, 2.45) is 0 Å². The summed E-state index contributed by atoms with van der Waals surface area (Å²) in [6.07, 6.45) is 0. The molecule has 4 heteroatoms. The van der Waals surface area contributed by atoms with Crippen LogP contribution in [0.15, 0.2) is 127 Å². The number of fused-ring (bicyclic) bond motifs is 3. The van der Waals surface area contributed by atoms with Crippen LogP contribution in [0.25, 0.3) is 65.5 Å². The molecule has 7 aromatic rings. The van der Waals surface area contributed by atoms with Crippen molar-refractivity contribution >= 4 is 31.5 Å². The van der Waals surface area contributed by atoms with Crippen molar-refractivity contribution in [1.29, 1.82) is 0 Å². The van der Waals surface area contributed by atoms with Crippen molar-refractivity contribution in [1.82, 2.24) is 15.0 Å². The fourth-order valence-electron chi connectivity index (χ4n) is 4.75. The van der Waals surface area contributed by atoms with Crippen LogP contribution in [-0.4, -0.2) is 15.0 Å². The lowest BCUT2D eigenvalue weighted by Gasteiger charge is -2.09. The maximum absolute atomic E-state index is 4.98. The van der Waals surface area contributed by atoms with Gasteiger partial charge in [0.25, 0.3) is 0 Å². The van der Waals surface area contributed by atoms with Crippen molar-refractivity contribution in [2.75, 3.05) is 0 Å². The van der Waals surface area contributed by atoms with Gasteiger partial charge in [0.15, 0.2) is 17.5 Å². The summed E-state index contributed by atoms with van der Waals surface area (Å²) < 4.78 is 2.48. The summed E-state index contributed by atoms with van der Waals surface area (Å²) in [6.45, 7) is 0. The molecule has 0 bridgehead atoms. The molecule has 174 valence electrons. The molecule has 2 aromatic heterocycles. The molecule has 7 rings (SSSR count). The van der Waals surface area contributed by atoms with E-state index in [2.05, 4.69) is 66.7 Å². The fraction of sp³-hybridized carbons (Fsp3) is 0. The molecule has 3 nitrogen and oxygen atoms in total. The highest BCUT2D eigenvalue weighted by atomic mass is 32.1. The van der Waals surface area contributed by atoms with E-state index in [9.17, 15) is 0 Å². The van der Waals surface area contributed by atoms with Gasteiger partial charge in [0.2, 0.25) is 0 Å². The summed E-state index contributed by atoms with van der Waals surface area (Å²) in [5.74, 6) is 2.03. The number of hydrogen-bond acceptors (Lipinski definition) is 4. The number of rotatable bonds is 4. The SMILES string of the molecule is c1ccc(-c2ccc3c(c2)sc2cccc(-c4nc(-c5ccccc5)nc(-c5ccccc5)n4)c23)cc1. The van der Waals surface area contributed by atoms with E-state index in [-0.39, 0.29) is 0 Å². The number of thiophene rings is 1. The molecule has 0 saturated heterocycles. The predicted molar refractivity (Wildman–Crippen MR) is 154 cm³/mol. The molecule has 0 fully saturated rings. The maximum atomic E-state index is 4.98. The summed E-state index contributed by atoms with van der Waals surface area (Å²) in [6, 6.07) is 43.9. The van der Waals surface area contributed by atoms with Gasteiger partial charge in [-0.05, 0) is 23.3 Å². The highest BCUT2D eigenvalue weighted by molar-refractivity contribution is 7.26. The monoisotopic (exact) mass is 491 g/mol. The lowest BCUT2D eigenvalue weighted by molar-refractivity contribution is 1.08. The third-order valence-electron chi connectivity index (χ3n) is 6.54. The Morgan fingerprint density at radius 2 is 0.973 bits per heavy atom. The molecule has 2 heterocycles. The molecule has 0 saturated carbocycles. The van der Waals surface area contributed by atoms with Crippen LogP contribution in [0.2, 0.25) is 0 Å². The van der Waals surface area contributed by atoms with Crippen molar-refractivity contribution in [3.63, 3.8) is 0 Å². The molecule has 0 amide bonds. The van der Waals surface area contributed by atoms with Gasteiger partial charge >= 0.3 is 0 Å². The van der Waals surface area contributed by atoms with Crippen LogP contribution >= 0.6 is 11.3 Å². The molecule has 0 radical (unpaired) electrons. The van der Waals surface area contributed by atoms with Crippen molar-refractivity contribution < 1.29 is 0 Å². The lowest BCUT2D eigenvalue weighted by Crippen LogP contribution is -2.00. The minimum atomic E-state index is 0.673. The molecule has 0 aliphatic carbocycles. The molecule has 0 unspecified atom stereocenters. The normalized spacial score (nSPS) is 11.2. The first kappa shape index (κ1) is 21.6. The van der Waals surface area contributed by atoms with E-state index >= 15 is 0 Å². The largest absolute Gasteiger partial charge is 0.208 e. The molecule has 5 aromatic carbocycles. The summed E-state index contributed by atoms with van der Waals surface area (Å²) in [5, 5.41) is 2.41. The molecule has 0 spiro atoms. The van der Waals surface area contributed by atoms with Crippen molar-refractivity contribution in [3.8, 4) is 45.3 Å². The standard InChI is InChI=1S/C33H21N3S/c1-4-11-22(12-5-1)25-19-20-26-29(21-25)37-28-18-10-17-27(30(26)28)33-35-31(23-13-6-2-7-14-23)34-32(36-33)24-15-8-3-9-16-24/h1-21H. The van der Waals surface area contributed by atoms with Gasteiger partial charge in [0.1, 0.15) is 0 Å². The van der Waals surface area contributed by atoms with Crippen LogP contribution in [0.4, 0.5) is 0 Å². The number of hydrogen-bond donors (Lipinski definition) is 0. The number of aromatic nitrogens is 3. The second-order valence-corrected chi connectivity index (χ2v) is 9.98. The van der Waals surface area contributed by atoms with Crippen LogP contribution in [0, 0.1) is 0 Å². The van der Waals surface area contributed by atoms with Gasteiger partial charge in [0.05, 0.1) is 0 Å². The maximum Gasteiger partial charge on any atom is 0.164 e. The second kappa shape index (κ2) is 9.08. The third kappa shape index (κ3) is 3.98. The molecular formula is C33H21N3S. The average molecular weight is 492 g/mol. The van der Waals surface area contributed by atoms with E-state index in [4.69, 9.17) is 15.0 Å². The van der Waals surface area contributed by atoms with Crippen LogP contribution in [0.5, 0.6) is 0 Å². The van der Waals surface area contributed by atoms with Crippen LogP contribution < -0.4 is 0 Å². The van der Waals surface area contributed by atoms with Gasteiger partial charge < -0.3 is 0 Å². The fourth-order valence-corrected chi connectivity index (χ4v) is 5.92. The summed E-state index contributed by atoms with van der Waals surface area (Å²) in [7, 11) is 0. The number of benzene rings is 5. The zero-order chi connectivity index (χ0) is 24.6. The zero-order valence-electron chi connectivity index (χ0n) is 19.9. The predicted octanol–water partition coefficient (Wildman–Crippen LogP) is 8.91. The molecule has 0 aliphatic heterocycles. The highest BCUT2D eigenvalue weighted by Crippen LogP contribution is 2.41. The van der Waals surface area contributed by atoms with Gasteiger partial charge in [-0.2, -0.15) is 0 Å². The van der Waals surface area contributed by atoms with Gasteiger partial charge in [-0.15, -0.1) is 11.3 Å². The van der Waals surface area contributed by atoms with E-state index in [1.807, 2.05) is 72.0 Å². The Bertz CT molecular complexity index is 1800. The van der Waals surface area contributed by atoms with Crippen molar-refractivity contribution in [2.45, 2.75) is 0 Å². The topological polar surface area (TPSA) is 38.7 Å². The first-order valence-corrected chi connectivity index (χ1v) is 13.0. The Morgan fingerprint density at radius 3 is 1.59 bits per heavy atom. The Hall–Kier alpha value is -4.67. The second-order valence-electron chi connectivity index (χ2n) is 8.90. The average Bonchev–Trinajstić information content (AvgIpc) is 3.36. The first-order chi connectivity index (χ1) is 18.3. The van der Waals surface area contributed by atoms with Gasteiger partial charge in [-0.1, -0.05) is 115 Å². The van der Waals surface area contributed by atoms with Crippen molar-refractivity contribution in [3.05, 3.63) is 127 Å². The van der Waals surface area contributed by atoms with E-state index in [1.54, 1.807) is 0 Å². The molecule has 37 heavy (non-hydrogen) atoms. The van der Waals surface area contributed by atoms with E-state index in [0.717, 1.165) is 16.7 Å². The smallest absolute Gasteiger partial charge is 0.164 e. The summed E-state index contributed by atoms with van der Waals surface area (Å²) >= 11 is 1.81. The van der Waals surface area contributed by atoms with Gasteiger partial charge in [0, 0.05) is 36.9 Å². The highest BCUT2D eigenvalue weighted by Gasteiger charge is 2.17. The quantitative estimate of drug-likeness (QED) is 0.247. The van der Waals surface area contributed by atoms with Crippen LogP contribution in [0.3, 0.4) is 0 Å². The van der Waals surface area contributed by atoms with Crippen LogP contribution in [-0.2, 0) is 0 Å². The van der Waals surface area contributed by atoms with Gasteiger partial charge in [-0.3, -0.25) is 0 Å². The molecule has 0 atom stereocenters. The van der Waals surface area contributed by atoms with Gasteiger partial charge in [-0.25, -0.2) is 15.0 Å². The Kier molecular flexibility index (Phi) is 5.30. The summed E-state index contributed by atoms with van der Waals surface area (Å²) in [4.78, 5) is 14.8. The Morgan fingerprint density at radius 1 is 0.405 bits per heavy atom. The van der Waals surface area contributed by atoms with E-state index < -0.39 is 0 Å². The zero-order valence-corrected chi connectivity index (χ0v) is 20.7. The lowest BCUT2D eigenvalue weighted by atomic mass is 10.0. The minimum absolute atomic E-state index is 0.673.